The third-order valence-electron chi connectivity index (χ3n) is 6.61. The number of methoxy groups -OCH3 is 1. The number of anilines is 1. The Kier molecular flexibility index (Phi) is 8.23. The fourth-order valence-corrected chi connectivity index (χ4v) is 4.72. The first-order valence-corrected chi connectivity index (χ1v) is 11.8. The van der Waals surface area contributed by atoms with Crippen LogP contribution in [0.3, 0.4) is 0 Å². The molecule has 3 rings (SSSR count). The molecule has 0 fully saturated rings. The van der Waals surface area contributed by atoms with Gasteiger partial charge in [0.1, 0.15) is 0 Å². The second-order valence-corrected chi connectivity index (χ2v) is 9.12. The summed E-state index contributed by atoms with van der Waals surface area (Å²) in [6.45, 7) is 6.47. The lowest BCUT2D eigenvalue weighted by molar-refractivity contribution is -0.143. The third kappa shape index (κ3) is 5.83. The highest BCUT2D eigenvalue weighted by molar-refractivity contribution is 5.91. The monoisotopic (exact) mass is 546 g/mol. The first-order chi connectivity index (χ1) is 17.6. The maximum atomic E-state index is 13.5. The van der Waals surface area contributed by atoms with Crippen molar-refractivity contribution in [2.24, 2.45) is 0 Å². The van der Waals surface area contributed by atoms with E-state index in [1.54, 1.807) is 32.9 Å². The predicted octanol–water partition coefficient (Wildman–Crippen LogP) is 7.41. The van der Waals surface area contributed by atoms with Gasteiger partial charge in [0.25, 0.3) is 0 Å². The molecule has 38 heavy (non-hydrogen) atoms. The third-order valence-corrected chi connectivity index (χ3v) is 6.61. The van der Waals surface area contributed by atoms with E-state index < -0.39 is 54.3 Å². The highest BCUT2D eigenvalue weighted by Gasteiger charge is 2.41. The lowest BCUT2D eigenvalue weighted by Crippen LogP contribution is -2.48. The van der Waals surface area contributed by atoms with Crippen molar-refractivity contribution in [2.45, 2.75) is 65.1 Å². The summed E-state index contributed by atoms with van der Waals surface area (Å²) in [7, 11) is 1.07. The molecule has 1 aliphatic heterocycles. The molecule has 12 heteroatoms. The zero-order valence-electron chi connectivity index (χ0n) is 21.5. The second-order valence-electron chi connectivity index (χ2n) is 9.12. The molecule has 0 spiro atoms. The molecule has 0 saturated carbocycles. The van der Waals surface area contributed by atoms with E-state index in [1.165, 1.54) is 4.90 Å². The molecule has 0 N–H and O–H groups in total. The summed E-state index contributed by atoms with van der Waals surface area (Å²) >= 11 is 0. The molecule has 2 atom stereocenters. The van der Waals surface area contributed by atoms with E-state index in [4.69, 9.17) is 9.47 Å². The Balaban J connectivity index is 2.18. The number of benzene rings is 2. The van der Waals surface area contributed by atoms with Gasteiger partial charge in [-0.15, -0.1) is 0 Å². The van der Waals surface area contributed by atoms with Gasteiger partial charge >= 0.3 is 24.5 Å². The van der Waals surface area contributed by atoms with Gasteiger partial charge in [0.15, 0.2) is 0 Å². The fraction of sp³-hybridized carbons (Fsp3) is 0.462. The number of hydrogen-bond donors (Lipinski definition) is 0. The first kappa shape index (κ1) is 29.1. The van der Waals surface area contributed by atoms with Gasteiger partial charge in [0.05, 0.1) is 36.6 Å². The van der Waals surface area contributed by atoms with Crippen LogP contribution in [0, 0.1) is 13.8 Å². The molecule has 1 aliphatic rings. The average Bonchev–Trinajstić information content (AvgIpc) is 2.82. The molecule has 0 aliphatic carbocycles. The van der Waals surface area contributed by atoms with E-state index >= 15 is 0 Å². The molecule has 0 radical (unpaired) electrons. The SMILES string of the molecule is CCOC(=O)N1c2ccc(C)c(C)c2[C@@H](N(Cc2cc(C(F)(F)F)cc(C(F)(F)F)c2)C(=O)OC)C[C@H]1C. The van der Waals surface area contributed by atoms with Crippen LogP contribution in [-0.2, 0) is 28.4 Å². The summed E-state index contributed by atoms with van der Waals surface area (Å²) in [6, 6.07) is 3.34. The standard InChI is InChI=1S/C26H28F6N2O4/c1-6-38-24(36)34-15(3)9-21(22-16(4)14(2)7-8-20(22)34)33(23(35)37-5)13-17-10-18(25(27,28)29)12-19(11-17)26(30,31)32/h7-8,10-12,15,21H,6,9,13H2,1-5H3/t15-,21+/m1/s1. The van der Waals surface area contributed by atoms with Crippen LogP contribution in [0.4, 0.5) is 41.6 Å². The molecule has 208 valence electrons. The molecule has 2 amide bonds. The largest absolute Gasteiger partial charge is 0.453 e. The molecule has 6 nitrogen and oxygen atoms in total. The second kappa shape index (κ2) is 10.7. The van der Waals surface area contributed by atoms with Crippen molar-refractivity contribution < 1.29 is 45.4 Å². The molecule has 0 saturated heterocycles. The summed E-state index contributed by atoms with van der Waals surface area (Å²) in [4.78, 5) is 28.3. The van der Waals surface area contributed by atoms with Crippen LogP contribution in [0.15, 0.2) is 30.3 Å². The number of alkyl halides is 6. The van der Waals surface area contributed by atoms with Crippen molar-refractivity contribution in [2.75, 3.05) is 18.6 Å². The molecule has 0 aromatic heterocycles. The highest BCUT2D eigenvalue weighted by atomic mass is 19.4. The van der Waals surface area contributed by atoms with Gasteiger partial charge in [-0.25, -0.2) is 9.59 Å². The number of carbonyl (C=O) groups excluding carboxylic acids is 2. The normalized spacial score (nSPS) is 17.6. The van der Waals surface area contributed by atoms with Crippen LogP contribution >= 0.6 is 0 Å². The van der Waals surface area contributed by atoms with Gasteiger partial charge < -0.3 is 9.47 Å². The van der Waals surface area contributed by atoms with Crippen LogP contribution < -0.4 is 4.90 Å². The summed E-state index contributed by atoms with van der Waals surface area (Å²) < 4.78 is 90.9. The van der Waals surface area contributed by atoms with E-state index in [9.17, 15) is 35.9 Å². The van der Waals surface area contributed by atoms with Crippen molar-refractivity contribution in [3.8, 4) is 0 Å². The van der Waals surface area contributed by atoms with Gasteiger partial charge in [0.2, 0.25) is 0 Å². The molecule has 0 bridgehead atoms. The number of amides is 2. The van der Waals surface area contributed by atoms with E-state index in [-0.39, 0.29) is 24.7 Å². The number of ether oxygens (including phenoxy) is 2. The average molecular weight is 547 g/mol. The Labute approximate surface area is 216 Å². The van der Waals surface area contributed by atoms with Crippen LogP contribution in [0.2, 0.25) is 0 Å². The molecular formula is C26H28F6N2O4. The summed E-state index contributed by atoms with van der Waals surface area (Å²) in [5, 5.41) is 0. The number of hydrogen-bond acceptors (Lipinski definition) is 4. The van der Waals surface area contributed by atoms with E-state index in [2.05, 4.69) is 0 Å². The number of nitrogens with zero attached hydrogens (tertiary/aromatic N) is 2. The van der Waals surface area contributed by atoms with E-state index in [1.807, 2.05) is 6.92 Å². The predicted molar refractivity (Wildman–Crippen MR) is 127 cm³/mol. The quantitative estimate of drug-likeness (QED) is 0.375. The Morgan fingerprint density at radius 2 is 1.61 bits per heavy atom. The van der Waals surface area contributed by atoms with Crippen LogP contribution in [0.1, 0.15) is 59.7 Å². The number of aryl methyl sites for hydroxylation is 1. The van der Waals surface area contributed by atoms with Gasteiger partial charge in [-0.1, -0.05) is 6.07 Å². The van der Waals surface area contributed by atoms with Gasteiger partial charge in [-0.05, 0) is 75.1 Å². The van der Waals surface area contributed by atoms with Crippen molar-refractivity contribution in [3.63, 3.8) is 0 Å². The van der Waals surface area contributed by atoms with E-state index in [0.717, 1.165) is 17.6 Å². The number of halogens is 6. The van der Waals surface area contributed by atoms with Gasteiger partial charge in [0, 0.05) is 18.2 Å². The zero-order chi connectivity index (χ0) is 28.6. The number of carbonyl (C=O) groups is 2. The smallest absolute Gasteiger partial charge is 0.416 e. The first-order valence-electron chi connectivity index (χ1n) is 11.8. The fourth-order valence-electron chi connectivity index (χ4n) is 4.72. The van der Waals surface area contributed by atoms with Crippen molar-refractivity contribution in [1.29, 1.82) is 0 Å². The van der Waals surface area contributed by atoms with Crippen LogP contribution in [0.25, 0.3) is 0 Å². The van der Waals surface area contributed by atoms with Crippen molar-refractivity contribution in [3.05, 3.63) is 63.7 Å². The molecule has 2 aromatic rings. The Hall–Kier alpha value is -3.44. The Bertz CT molecular complexity index is 1180. The van der Waals surface area contributed by atoms with E-state index in [0.29, 0.717) is 28.9 Å². The lowest BCUT2D eigenvalue weighted by atomic mass is 9.86. The minimum Gasteiger partial charge on any atom is -0.453 e. The maximum absolute atomic E-state index is 13.5. The minimum absolute atomic E-state index is 0.0364. The van der Waals surface area contributed by atoms with Crippen LogP contribution in [-0.4, -0.2) is 36.8 Å². The number of rotatable bonds is 4. The van der Waals surface area contributed by atoms with Gasteiger partial charge in [-0.2, -0.15) is 26.3 Å². The topological polar surface area (TPSA) is 59.1 Å². The molecule has 1 heterocycles. The number of fused-ring (bicyclic) bond motifs is 1. The Morgan fingerprint density at radius 1 is 1.03 bits per heavy atom. The van der Waals surface area contributed by atoms with Crippen LogP contribution in [0.5, 0.6) is 0 Å². The van der Waals surface area contributed by atoms with Crippen molar-refractivity contribution >= 4 is 17.9 Å². The molecule has 2 aromatic carbocycles. The Morgan fingerprint density at radius 3 is 2.11 bits per heavy atom. The summed E-state index contributed by atoms with van der Waals surface area (Å²) in [5.41, 5.74) is -0.841. The van der Waals surface area contributed by atoms with Crippen molar-refractivity contribution in [1.82, 2.24) is 4.90 Å². The molecule has 0 unspecified atom stereocenters. The maximum Gasteiger partial charge on any atom is 0.416 e. The lowest BCUT2D eigenvalue weighted by Gasteiger charge is -2.43. The van der Waals surface area contributed by atoms with Gasteiger partial charge in [-0.3, -0.25) is 9.80 Å². The summed E-state index contributed by atoms with van der Waals surface area (Å²) in [5.74, 6) is 0. The zero-order valence-corrected chi connectivity index (χ0v) is 21.5. The summed E-state index contributed by atoms with van der Waals surface area (Å²) in [6.07, 6.45) is -11.5. The minimum atomic E-state index is -5.04. The molecular weight excluding hydrogens is 518 g/mol. The highest BCUT2D eigenvalue weighted by Crippen LogP contribution is 2.45.